The number of aliphatic hydroxyl groups excluding tert-OH is 1. The van der Waals surface area contributed by atoms with Crippen LogP contribution >= 0.6 is 23.2 Å². The highest BCUT2D eigenvalue weighted by Crippen LogP contribution is 2.32. The molecule has 8 heteroatoms. The fourth-order valence-electron chi connectivity index (χ4n) is 2.34. The molecule has 1 fully saturated rings. The van der Waals surface area contributed by atoms with Gasteiger partial charge in [0.2, 0.25) is 10.0 Å². The van der Waals surface area contributed by atoms with Crippen molar-refractivity contribution in [3.05, 3.63) is 22.2 Å². The second kappa shape index (κ2) is 6.07. The van der Waals surface area contributed by atoms with E-state index in [1.165, 1.54) is 12.1 Å². The van der Waals surface area contributed by atoms with E-state index in [1.54, 1.807) is 0 Å². The van der Waals surface area contributed by atoms with E-state index in [0.29, 0.717) is 12.8 Å². The van der Waals surface area contributed by atoms with Crippen LogP contribution < -0.4 is 10.5 Å². The van der Waals surface area contributed by atoms with E-state index < -0.39 is 22.2 Å². The molecule has 5 nitrogen and oxygen atoms in total. The first-order valence-electron chi connectivity index (χ1n) is 6.26. The lowest BCUT2D eigenvalue weighted by molar-refractivity contribution is 0.101. The minimum atomic E-state index is -3.90. The lowest BCUT2D eigenvalue weighted by Gasteiger charge is -2.28. The summed E-state index contributed by atoms with van der Waals surface area (Å²) in [5, 5.41) is 9.78. The number of sulfonamides is 1. The van der Waals surface area contributed by atoms with Gasteiger partial charge in [-0.2, -0.15) is 0 Å². The summed E-state index contributed by atoms with van der Waals surface area (Å²) in [5.74, 6) is 0. The van der Waals surface area contributed by atoms with Gasteiger partial charge < -0.3 is 10.8 Å². The highest BCUT2D eigenvalue weighted by atomic mass is 35.5. The third-order valence-corrected chi connectivity index (χ3v) is 5.74. The lowest BCUT2D eigenvalue weighted by atomic mass is 9.93. The summed E-state index contributed by atoms with van der Waals surface area (Å²) in [6.07, 6.45) is 2.24. The Morgan fingerprint density at radius 1 is 1.20 bits per heavy atom. The fraction of sp³-hybridized carbons (Fsp3) is 0.500. The summed E-state index contributed by atoms with van der Waals surface area (Å²) in [4.78, 5) is -0.201. The molecule has 0 saturated heterocycles. The first-order chi connectivity index (χ1) is 9.31. The summed E-state index contributed by atoms with van der Waals surface area (Å²) in [6.45, 7) is 0. The monoisotopic (exact) mass is 338 g/mol. The maximum absolute atomic E-state index is 12.4. The number of rotatable bonds is 3. The average molecular weight is 339 g/mol. The smallest absolute Gasteiger partial charge is 0.243 e. The maximum atomic E-state index is 12.4. The van der Waals surface area contributed by atoms with Crippen molar-refractivity contribution in [1.82, 2.24) is 4.72 Å². The second-order valence-electron chi connectivity index (χ2n) is 4.89. The third-order valence-electron chi connectivity index (χ3n) is 3.33. The van der Waals surface area contributed by atoms with Gasteiger partial charge in [0, 0.05) is 11.7 Å². The summed E-state index contributed by atoms with van der Waals surface area (Å²) < 4.78 is 27.2. The van der Waals surface area contributed by atoms with Gasteiger partial charge in [-0.15, -0.1) is 0 Å². The Balaban J connectivity index is 2.31. The van der Waals surface area contributed by atoms with Crippen LogP contribution in [-0.4, -0.2) is 25.7 Å². The summed E-state index contributed by atoms with van der Waals surface area (Å²) in [7, 11) is -3.90. The average Bonchev–Trinajstić information content (AvgIpc) is 2.30. The molecule has 0 spiro atoms. The molecule has 1 saturated carbocycles. The Morgan fingerprint density at radius 2 is 1.75 bits per heavy atom. The van der Waals surface area contributed by atoms with Crippen molar-refractivity contribution < 1.29 is 13.5 Å². The van der Waals surface area contributed by atoms with E-state index in [0.717, 1.165) is 12.8 Å². The Hall–Kier alpha value is -0.530. The van der Waals surface area contributed by atoms with Gasteiger partial charge in [-0.25, -0.2) is 13.1 Å². The van der Waals surface area contributed by atoms with E-state index in [2.05, 4.69) is 4.72 Å². The van der Waals surface area contributed by atoms with Gasteiger partial charge in [0.25, 0.3) is 0 Å². The van der Waals surface area contributed by atoms with Gasteiger partial charge in [0.1, 0.15) is 4.90 Å². The van der Waals surface area contributed by atoms with Crippen LogP contribution in [0.25, 0.3) is 0 Å². The number of nitrogens with one attached hydrogen (secondary N) is 1. The first-order valence-corrected chi connectivity index (χ1v) is 8.50. The molecule has 2 unspecified atom stereocenters. The number of hydrogen-bond acceptors (Lipinski definition) is 4. The molecule has 20 heavy (non-hydrogen) atoms. The number of nitrogens with two attached hydrogens (primary N) is 1. The van der Waals surface area contributed by atoms with E-state index in [1.807, 2.05) is 0 Å². The van der Waals surface area contributed by atoms with Crippen LogP contribution in [0.5, 0.6) is 0 Å². The predicted octanol–water partition coefficient (Wildman–Crippen LogP) is 2.16. The molecule has 1 aromatic carbocycles. The molecule has 0 heterocycles. The zero-order valence-corrected chi connectivity index (χ0v) is 13.0. The summed E-state index contributed by atoms with van der Waals surface area (Å²) in [5.41, 5.74) is 5.84. The van der Waals surface area contributed by atoms with Crippen molar-refractivity contribution in [2.75, 3.05) is 5.73 Å². The Labute approximate surface area is 128 Å². The minimum absolute atomic E-state index is 0.0344. The quantitative estimate of drug-likeness (QED) is 0.736. The SMILES string of the molecule is Nc1cc(Cl)c(S(=O)(=O)NC2CCCCC2O)c(Cl)c1. The highest BCUT2D eigenvalue weighted by Gasteiger charge is 2.30. The number of benzene rings is 1. The molecule has 1 aliphatic rings. The van der Waals surface area contributed by atoms with Gasteiger partial charge in [-0.1, -0.05) is 36.0 Å². The molecule has 1 aliphatic carbocycles. The molecular weight excluding hydrogens is 323 g/mol. The summed E-state index contributed by atoms with van der Waals surface area (Å²) in [6, 6.07) is 2.15. The molecule has 0 amide bonds. The molecule has 0 aromatic heterocycles. The largest absolute Gasteiger partial charge is 0.399 e. The maximum Gasteiger partial charge on any atom is 0.243 e. The van der Waals surface area contributed by atoms with Crippen molar-refractivity contribution in [2.45, 2.75) is 42.7 Å². The number of anilines is 1. The van der Waals surface area contributed by atoms with Crippen LogP contribution in [0.1, 0.15) is 25.7 Å². The second-order valence-corrected chi connectivity index (χ2v) is 7.36. The molecule has 4 N–H and O–H groups in total. The molecule has 0 aliphatic heterocycles. The Bertz CT molecular complexity index is 584. The van der Waals surface area contributed by atoms with Crippen LogP contribution in [0.3, 0.4) is 0 Å². The molecule has 2 atom stereocenters. The van der Waals surface area contributed by atoms with Gasteiger partial charge in [0.05, 0.1) is 16.1 Å². The molecule has 0 bridgehead atoms. The van der Waals surface area contributed by atoms with Crippen molar-refractivity contribution in [1.29, 1.82) is 0 Å². The standard InChI is InChI=1S/C12H16Cl2N2O3S/c13-8-5-7(15)6-9(14)12(8)20(18,19)16-10-3-1-2-4-11(10)17/h5-6,10-11,16-17H,1-4,15H2. The van der Waals surface area contributed by atoms with Crippen LogP contribution in [-0.2, 0) is 10.0 Å². The molecule has 2 rings (SSSR count). The van der Waals surface area contributed by atoms with Crippen molar-refractivity contribution >= 4 is 38.9 Å². The number of hydrogen-bond donors (Lipinski definition) is 3. The molecule has 1 aromatic rings. The van der Waals surface area contributed by atoms with E-state index in [4.69, 9.17) is 28.9 Å². The lowest BCUT2D eigenvalue weighted by Crippen LogP contribution is -2.45. The van der Waals surface area contributed by atoms with Gasteiger partial charge in [-0.3, -0.25) is 0 Å². The number of halogens is 2. The van der Waals surface area contributed by atoms with Crippen LogP contribution in [0, 0.1) is 0 Å². The zero-order chi connectivity index (χ0) is 14.9. The van der Waals surface area contributed by atoms with Crippen molar-refractivity contribution in [3.63, 3.8) is 0 Å². The topological polar surface area (TPSA) is 92.4 Å². The van der Waals surface area contributed by atoms with E-state index >= 15 is 0 Å². The predicted molar refractivity (Wildman–Crippen MR) is 79.5 cm³/mol. The van der Waals surface area contributed by atoms with Crippen LogP contribution in [0.2, 0.25) is 10.0 Å². The molecular formula is C12H16Cl2N2O3S. The number of aliphatic hydroxyl groups is 1. The van der Waals surface area contributed by atoms with Crippen molar-refractivity contribution in [3.8, 4) is 0 Å². The van der Waals surface area contributed by atoms with Crippen molar-refractivity contribution in [2.24, 2.45) is 0 Å². The summed E-state index contributed by atoms with van der Waals surface area (Å²) >= 11 is 11.9. The Morgan fingerprint density at radius 3 is 2.30 bits per heavy atom. The van der Waals surface area contributed by atoms with Gasteiger partial charge in [-0.05, 0) is 25.0 Å². The van der Waals surface area contributed by atoms with Crippen LogP contribution in [0.15, 0.2) is 17.0 Å². The normalized spacial score (nSPS) is 23.8. The Kier molecular flexibility index (Phi) is 4.81. The zero-order valence-electron chi connectivity index (χ0n) is 10.6. The van der Waals surface area contributed by atoms with Crippen LogP contribution in [0.4, 0.5) is 5.69 Å². The first kappa shape index (κ1) is 15.9. The third kappa shape index (κ3) is 3.38. The fourth-order valence-corrected chi connectivity index (χ4v) is 4.88. The van der Waals surface area contributed by atoms with Gasteiger partial charge >= 0.3 is 0 Å². The molecule has 0 radical (unpaired) electrons. The number of nitrogen functional groups attached to an aromatic ring is 1. The van der Waals surface area contributed by atoms with E-state index in [9.17, 15) is 13.5 Å². The molecule has 112 valence electrons. The van der Waals surface area contributed by atoms with Gasteiger partial charge in [0.15, 0.2) is 0 Å². The minimum Gasteiger partial charge on any atom is -0.399 e. The highest BCUT2D eigenvalue weighted by molar-refractivity contribution is 7.89. The van der Waals surface area contributed by atoms with E-state index in [-0.39, 0.29) is 20.6 Å².